The molecule has 2 heterocycles. The van der Waals surface area contributed by atoms with E-state index in [9.17, 15) is 8.42 Å². The van der Waals surface area contributed by atoms with Gasteiger partial charge in [0.2, 0.25) is 10.0 Å². The Labute approximate surface area is 92.3 Å². The molecule has 0 spiro atoms. The average Bonchev–Trinajstić information content (AvgIpc) is 2.19. The van der Waals surface area contributed by atoms with Gasteiger partial charge < -0.3 is 4.90 Å². The zero-order valence-corrected chi connectivity index (χ0v) is 10.2. The van der Waals surface area contributed by atoms with Crippen LogP contribution in [0.25, 0.3) is 0 Å². The van der Waals surface area contributed by atoms with E-state index in [1.807, 2.05) is 0 Å². The molecule has 88 valence electrons. The molecule has 0 aromatic rings. The molecule has 2 rings (SSSR count). The van der Waals surface area contributed by atoms with Crippen LogP contribution in [0.5, 0.6) is 0 Å². The lowest BCUT2D eigenvalue weighted by molar-refractivity contribution is 0.178. The summed E-state index contributed by atoms with van der Waals surface area (Å²) in [4.78, 5) is 2.27. The average molecular weight is 232 g/mol. The van der Waals surface area contributed by atoms with Crippen LogP contribution in [-0.2, 0) is 10.0 Å². The number of hydrogen-bond acceptors (Lipinski definition) is 3. The Morgan fingerprint density at radius 3 is 2.33 bits per heavy atom. The number of sulfonamides is 1. The molecule has 15 heavy (non-hydrogen) atoms. The monoisotopic (exact) mass is 232 g/mol. The van der Waals surface area contributed by atoms with Crippen molar-refractivity contribution in [2.45, 2.75) is 31.7 Å². The molecule has 0 aromatic carbocycles. The molecule has 2 saturated heterocycles. The van der Waals surface area contributed by atoms with E-state index in [0.29, 0.717) is 5.75 Å². The number of rotatable bonds is 1. The molecule has 2 aliphatic rings. The van der Waals surface area contributed by atoms with Crippen LogP contribution in [0, 0.1) is 0 Å². The van der Waals surface area contributed by atoms with E-state index >= 15 is 0 Å². The minimum absolute atomic E-state index is 0.270. The second-order valence-electron chi connectivity index (χ2n) is 4.67. The fourth-order valence-electron chi connectivity index (χ4n) is 2.50. The predicted octanol–water partition coefficient (Wildman–Crippen LogP) is 0.506. The van der Waals surface area contributed by atoms with Crippen LogP contribution in [0.3, 0.4) is 0 Å². The van der Waals surface area contributed by atoms with Crippen LogP contribution >= 0.6 is 0 Å². The Morgan fingerprint density at radius 1 is 1.07 bits per heavy atom. The molecule has 0 bridgehead atoms. The summed E-state index contributed by atoms with van der Waals surface area (Å²) < 4.78 is 25.5. The van der Waals surface area contributed by atoms with Crippen molar-refractivity contribution in [2.24, 2.45) is 0 Å². The smallest absolute Gasteiger partial charge is 0.214 e. The van der Waals surface area contributed by atoms with Gasteiger partial charge in [0.1, 0.15) is 0 Å². The van der Waals surface area contributed by atoms with Gasteiger partial charge in [0.15, 0.2) is 0 Å². The Morgan fingerprint density at radius 2 is 1.73 bits per heavy atom. The first kappa shape index (κ1) is 11.4. The van der Waals surface area contributed by atoms with Gasteiger partial charge in [-0.15, -0.1) is 0 Å². The van der Waals surface area contributed by atoms with Crippen LogP contribution < -0.4 is 0 Å². The summed E-state index contributed by atoms with van der Waals surface area (Å²) in [5.41, 5.74) is 0. The summed E-state index contributed by atoms with van der Waals surface area (Å²) in [6.45, 7) is 2.80. The molecule has 2 fully saturated rings. The van der Waals surface area contributed by atoms with Crippen molar-refractivity contribution < 1.29 is 8.42 Å². The Bertz CT molecular complexity index is 307. The maximum absolute atomic E-state index is 11.9. The summed E-state index contributed by atoms with van der Waals surface area (Å²) >= 11 is 0. The van der Waals surface area contributed by atoms with Gasteiger partial charge in [0.05, 0.1) is 5.75 Å². The second kappa shape index (κ2) is 4.39. The normalized spacial score (nSPS) is 30.5. The highest BCUT2D eigenvalue weighted by Crippen LogP contribution is 2.23. The maximum atomic E-state index is 11.9. The summed E-state index contributed by atoms with van der Waals surface area (Å²) in [7, 11) is -0.828. The van der Waals surface area contributed by atoms with Crippen LogP contribution in [-0.4, -0.2) is 56.1 Å². The van der Waals surface area contributed by atoms with Gasteiger partial charge >= 0.3 is 0 Å². The predicted molar refractivity (Wildman–Crippen MR) is 60.2 cm³/mol. The molecule has 0 amide bonds. The van der Waals surface area contributed by atoms with Crippen molar-refractivity contribution in [3.05, 3.63) is 0 Å². The number of piperidine rings is 1. The lowest BCUT2D eigenvalue weighted by Crippen LogP contribution is -2.49. The number of likely N-dealkylation sites (tertiary alicyclic amines) is 1. The van der Waals surface area contributed by atoms with Crippen LogP contribution in [0.4, 0.5) is 0 Å². The molecule has 0 radical (unpaired) electrons. The van der Waals surface area contributed by atoms with Gasteiger partial charge in [0, 0.05) is 12.6 Å². The topological polar surface area (TPSA) is 40.6 Å². The highest BCUT2D eigenvalue weighted by Gasteiger charge is 2.33. The zero-order valence-electron chi connectivity index (χ0n) is 9.35. The summed E-state index contributed by atoms with van der Waals surface area (Å²) in [5.74, 6) is 0.360. The first-order chi connectivity index (χ1) is 7.09. The first-order valence-corrected chi connectivity index (χ1v) is 7.38. The van der Waals surface area contributed by atoms with Crippen LogP contribution in [0.1, 0.15) is 25.7 Å². The van der Waals surface area contributed by atoms with Gasteiger partial charge in [-0.3, -0.25) is 0 Å². The molecule has 4 nitrogen and oxygen atoms in total. The minimum atomic E-state index is -2.93. The quantitative estimate of drug-likeness (QED) is 0.661. The molecule has 0 N–H and O–H groups in total. The molecule has 0 aliphatic carbocycles. The van der Waals surface area contributed by atoms with E-state index < -0.39 is 10.0 Å². The molecule has 5 heteroatoms. The molecular formula is C10H20N2O2S. The molecule has 0 unspecified atom stereocenters. The SMILES string of the molecule is CN1CCC(N2CCCCS2(=O)=O)CC1. The molecule has 0 atom stereocenters. The summed E-state index contributed by atoms with van der Waals surface area (Å²) in [6, 6.07) is 0.270. The maximum Gasteiger partial charge on any atom is 0.214 e. The largest absolute Gasteiger partial charge is 0.306 e. The zero-order chi connectivity index (χ0) is 10.9. The third-order valence-electron chi connectivity index (χ3n) is 3.48. The van der Waals surface area contributed by atoms with Crippen LogP contribution in [0.2, 0.25) is 0 Å². The van der Waals surface area contributed by atoms with E-state index in [0.717, 1.165) is 45.3 Å². The standard InChI is InChI=1S/C10H20N2O2S/c1-11-7-4-10(5-8-11)12-6-2-3-9-15(12,13)14/h10H,2-9H2,1H3. The minimum Gasteiger partial charge on any atom is -0.306 e. The lowest BCUT2D eigenvalue weighted by atomic mass is 10.1. The van der Waals surface area contributed by atoms with Crippen molar-refractivity contribution in [3.63, 3.8) is 0 Å². The third-order valence-corrected chi connectivity index (χ3v) is 5.48. The molecular weight excluding hydrogens is 212 g/mol. The van der Waals surface area contributed by atoms with Gasteiger partial charge in [-0.05, 0) is 45.8 Å². The van der Waals surface area contributed by atoms with E-state index in [1.54, 1.807) is 4.31 Å². The second-order valence-corrected chi connectivity index (χ2v) is 6.71. The van der Waals surface area contributed by atoms with Crippen molar-refractivity contribution in [3.8, 4) is 0 Å². The highest BCUT2D eigenvalue weighted by atomic mass is 32.2. The fourth-order valence-corrected chi connectivity index (χ4v) is 4.38. The summed E-state index contributed by atoms with van der Waals surface area (Å²) in [5, 5.41) is 0. The van der Waals surface area contributed by atoms with Gasteiger partial charge in [-0.25, -0.2) is 8.42 Å². The highest BCUT2D eigenvalue weighted by molar-refractivity contribution is 7.89. The van der Waals surface area contributed by atoms with Gasteiger partial charge in [-0.2, -0.15) is 4.31 Å². The lowest BCUT2D eigenvalue weighted by Gasteiger charge is -2.38. The third kappa shape index (κ3) is 2.52. The van der Waals surface area contributed by atoms with E-state index in [4.69, 9.17) is 0 Å². The van der Waals surface area contributed by atoms with E-state index in [-0.39, 0.29) is 6.04 Å². The Kier molecular flexibility index (Phi) is 3.33. The van der Waals surface area contributed by atoms with Crippen molar-refractivity contribution in [1.29, 1.82) is 0 Å². The fraction of sp³-hybridized carbons (Fsp3) is 1.00. The van der Waals surface area contributed by atoms with Crippen molar-refractivity contribution in [2.75, 3.05) is 32.4 Å². The first-order valence-electron chi connectivity index (χ1n) is 5.78. The number of hydrogen-bond donors (Lipinski definition) is 0. The molecule has 0 aromatic heterocycles. The van der Waals surface area contributed by atoms with E-state index in [2.05, 4.69) is 11.9 Å². The molecule has 2 aliphatic heterocycles. The van der Waals surface area contributed by atoms with Crippen molar-refractivity contribution >= 4 is 10.0 Å². The Balaban J connectivity index is 2.03. The summed E-state index contributed by atoms with van der Waals surface area (Å²) in [6.07, 6.45) is 3.86. The van der Waals surface area contributed by atoms with Gasteiger partial charge in [0.25, 0.3) is 0 Å². The van der Waals surface area contributed by atoms with E-state index in [1.165, 1.54) is 0 Å². The van der Waals surface area contributed by atoms with Crippen LogP contribution in [0.15, 0.2) is 0 Å². The Hall–Kier alpha value is -0.130. The molecule has 0 saturated carbocycles. The van der Waals surface area contributed by atoms with Crippen molar-refractivity contribution in [1.82, 2.24) is 9.21 Å². The number of nitrogens with zero attached hydrogens (tertiary/aromatic N) is 2. The van der Waals surface area contributed by atoms with Gasteiger partial charge in [-0.1, -0.05) is 0 Å².